The van der Waals surface area contributed by atoms with E-state index in [2.05, 4.69) is 15.4 Å². The van der Waals surface area contributed by atoms with Crippen LogP contribution in [0.15, 0.2) is 17.8 Å². The van der Waals surface area contributed by atoms with Crippen molar-refractivity contribution in [3.8, 4) is 0 Å². The Morgan fingerprint density at radius 2 is 2.20 bits per heavy atom. The van der Waals surface area contributed by atoms with E-state index >= 15 is 0 Å². The minimum absolute atomic E-state index is 0.295. The maximum atomic E-state index is 11.2. The van der Waals surface area contributed by atoms with Gasteiger partial charge in [-0.3, -0.25) is 9.48 Å². The second kappa shape index (κ2) is 5.24. The maximum absolute atomic E-state index is 11.2. The van der Waals surface area contributed by atoms with Crippen molar-refractivity contribution in [1.29, 1.82) is 0 Å². The number of aromatic nitrogens is 3. The molecule has 2 heterocycles. The molecule has 0 spiro atoms. The first-order valence-corrected chi connectivity index (χ1v) is 7.19. The van der Waals surface area contributed by atoms with Crippen molar-refractivity contribution < 1.29 is 9.90 Å². The van der Waals surface area contributed by atoms with Crippen molar-refractivity contribution in [3.05, 3.63) is 23.5 Å². The van der Waals surface area contributed by atoms with Crippen molar-refractivity contribution in [3.63, 3.8) is 0 Å². The van der Waals surface area contributed by atoms with E-state index in [1.54, 1.807) is 25.4 Å². The molecule has 0 aromatic carbocycles. The number of aliphatic carboxylic acids is 1. The number of anilines is 2. The van der Waals surface area contributed by atoms with Gasteiger partial charge in [-0.05, 0) is 27.7 Å². The number of carbonyl (C=O) groups is 1. The molecule has 2 rings (SSSR count). The Kier molecular flexibility index (Phi) is 3.80. The second-order valence-corrected chi connectivity index (χ2v) is 6.25. The van der Waals surface area contributed by atoms with Gasteiger partial charge < -0.3 is 10.4 Å². The van der Waals surface area contributed by atoms with Crippen LogP contribution in [-0.4, -0.2) is 25.8 Å². The normalized spacial score (nSPS) is 11.8. The maximum Gasteiger partial charge on any atom is 0.315 e. The van der Waals surface area contributed by atoms with Crippen LogP contribution in [0.1, 0.15) is 39.4 Å². The summed E-state index contributed by atoms with van der Waals surface area (Å²) in [4.78, 5) is 15.5. The van der Waals surface area contributed by atoms with Crippen LogP contribution in [0.2, 0.25) is 0 Å². The third kappa shape index (κ3) is 2.82. The molecule has 0 aliphatic carbocycles. The van der Waals surface area contributed by atoms with Gasteiger partial charge in [-0.1, -0.05) is 0 Å². The summed E-state index contributed by atoms with van der Waals surface area (Å²) in [6, 6.07) is 0.295. The number of hydrogen-bond acceptors (Lipinski definition) is 5. The van der Waals surface area contributed by atoms with Crippen LogP contribution < -0.4 is 5.32 Å². The summed E-state index contributed by atoms with van der Waals surface area (Å²) in [5.74, 6) is -0.887. The summed E-state index contributed by atoms with van der Waals surface area (Å²) < 4.78 is 1.85. The number of nitrogens with zero attached hydrogens (tertiary/aromatic N) is 3. The molecule has 0 atom stereocenters. The molecule has 108 valence electrons. The van der Waals surface area contributed by atoms with E-state index in [1.807, 2.05) is 24.7 Å². The molecule has 0 aliphatic rings. The molecule has 0 amide bonds. The van der Waals surface area contributed by atoms with E-state index < -0.39 is 11.4 Å². The lowest BCUT2D eigenvalue weighted by atomic mass is 9.90. The van der Waals surface area contributed by atoms with E-state index in [9.17, 15) is 9.90 Å². The van der Waals surface area contributed by atoms with Gasteiger partial charge in [0.25, 0.3) is 0 Å². The monoisotopic (exact) mass is 294 g/mol. The van der Waals surface area contributed by atoms with Gasteiger partial charge in [-0.2, -0.15) is 5.10 Å². The summed E-state index contributed by atoms with van der Waals surface area (Å²) >= 11 is 1.38. The molecule has 7 heteroatoms. The van der Waals surface area contributed by atoms with Gasteiger partial charge in [0, 0.05) is 17.6 Å². The molecule has 0 radical (unpaired) electrons. The molecule has 0 saturated carbocycles. The zero-order valence-corrected chi connectivity index (χ0v) is 12.7. The molecule has 6 nitrogen and oxygen atoms in total. The Labute approximate surface area is 121 Å². The number of carboxylic acid groups (broad SMARTS) is 1. The average molecular weight is 294 g/mol. The predicted octanol–water partition coefficient (Wildman–Crippen LogP) is 3.03. The van der Waals surface area contributed by atoms with Crippen LogP contribution in [0.3, 0.4) is 0 Å². The first-order chi connectivity index (χ1) is 9.30. The largest absolute Gasteiger partial charge is 0.481 e. The zero-order chi connectivity index (χ0) is 14.9. The summed E-state index contributed by atoms with van der Waals surface area (Å²) in [6.07, 6.45) is 3.62. The zero-order valence-electron chi connectivity index (χ0n) is 11.9. The van der Waals surface area contributed by atoms with E-state index in [0.717, 1.165) is 5.69 Å². The minimum Gasteiger partial charge on any atom is -0.481 e. The van der Waals surface area contributed by atoms with Gasteiger partial charge >= 0.3 is 5.97 Å². The molecule has 20 heavy (non-hydrogen) atoms. The van der Waals surface area contributed by atoms with Crippen LogP contribution in [0.25, 0.3) is 0 Å². The molecule has 0 bridgehead atoms. The van der Waals surface area contributed by atoms with Gasteiger partial charge in [0.05, 0.1) is 17.6 Å². The Bertz CT molecular complexity index is 615. The van der Waals surface area contributed by atoms with Crippen LogP contribution in [0, 0.1) is 0 Å². The molecule has 0 fully saturated rings. The summed E-state index contributed by atoms with van der Waals surface area (Å²) in [7, 11) is 0. The predicted molar refractivity (Wildman–Crippen MR) is 78.7 cm³/mol. The Hall–Kier alpha value is -1.89. The van der Waals surface area contributed by atoms with Crippen molar-refractivity contribution in [2.24, 2.45) is 0 Å². The van der Waals surface area contributed by atoms with Crippen molar-refractivity contribution in [1.82, 2.24) is 14.8 Å². The van der Waals surface area contributed by atoms with E-state index in [0.29, 0.717) is 16.9 Å². The van der Waals surface area contributed by atoms with Gasteiger partial charge in [-0.15, -0.1) is 11.3 Å². The molecule has 2 aromatic heterocycles. The number of carboxylic acids is 1. The fraction of sp³-hybridized carbons (Fsp3) is 0.462. The SMILES string of the molecule is CC(C)n1cc(Nc2nc(C(C)(C)C(=O)O)cs2)cn1. The lowest BCUT2D eigenvalue weighted by Crippen LogP contribution is -2.28. The van der Waals surface area contributed by atoms with Gasteiger partial charge in [-0.25, -0.2) is 4.98 Å². The third-order valence-corrected chi connectivity index (χ3v) is 3.82. The molecule has 0 saturated heterocycles. The number of hydrogen-bond donors (Lipinski definition) is 2. The molecule has 0 aliphatic heterocycles. The van der Waals surface area contributed by atoms with Crippen LogP contribution in [-0.2, 0) is 10.2 Å². The first-order valence-electron chi connectivity index (χ1n) is 6.31. The highest BCUT2D eigenvalue weighted by molar-refractivity contribution is 7.13. The molecular formula is C13H18N4O2S. The lowest BCUT2D eigenvalue weighted by Gasteiger charge is -2.15. The van der Waals surface area contributed by atoms with Gasteiger partial charge in [0.1, 0.15) is 5.41 Å². The fourth-order valence-electron chi connectivity index (χ4n) is 1.54. The summed E-state index contributed by atoms with van der Waals surface area (Å²) in [5.41, 5.74) is 0.403. The molecule has 2 aromatic rings. The van der Waals surface area contributed by atoms with E-state index in [4.69, 9.17) is 0 Å². The highest BCUT2D eigenvalue weighted by Crippen LogP contribution is 2.29. The van der Waals surface area contributed by atoms with E-state index in [1.165, 1.54) is 11.3 Å². The standard InChI is InChI=1S/C13H18N4O2S/c1-8(2)17-6-9(5-14-17)15-12-16-10(7-20-12)13(3,4)11(18)19/h5-8H,1-4H3,(H,15,16)(H,18,19). The molecule has 0 unspecified atom stereocenters. The second-order valence-electron chi connectivity index (χ2n) is 5.40. The van der Waals surface area contributed by atoms with Crippen molar-refractivity contribution in [2.45, 2.75) is 39.2 Å². The minimum atomic E-state index is -0.988. The van der Waals surface area contributed by atoms with Gasteiger partial charge in [0.2, 0.25) is 0 Å². The highest BCUT2D eigenvalue weighted by Gasteiger charge is 2.32. The summed E-state index contributed by atoms with van der Waals surface area (Å²) in [5, 5.41) is 19.0. The fourth-order valence-corrected chi connectivity index (χ4v) is 2.43. The van der Waals surface area contributed by atoms with Gasteiger partial charge in [0.15, 0.2) is 5.13 Å². The van der Waals surface area contributed by atoms with Crippen LogP contribution >= 0.6 is 11.3 Å². The lowest BCUT2D eigenvalue weighted by molar-refractivity contribution is -0.142. The van der Waals surface area contributed by atoms with Crippen molar-refractivity contribution in [2.75, 3.05) is 5.32 Å². The smallest absolute Gasteiger partial charge is 0.315 e. The number of nitrogens with one attached hydrogen (secondary N) is 1. The van der Waals surface area contributed by atoms with E-state index in [-0.39, 0.29) is 0 Å². The number of rotatable bonds is 5. The quantitative estimate of drug-likeness (QED) is 0.886. The Balaban J connectivity index is 2.15. The average Bonchev–Trinajstić information content (AvgIpc) is 2.98. The van der Waals surface area contributed by atoms with Crippen LogP contribution in [0.5, 0.6) is 0 Å². The molecular weight excluding hydrogens is 276 g/mol. The number of thiazole rings is 1. The Morgan fingerprint density at radius 1 is 1.50 bits per heavy atom. The van der Waals surface area contributed by atoms with Crippen LogP contribution in [0.4, 0.5) is 10.8 Å². The Morgan fingerprint density at radius 3 is 2.75 bits per heavy atom. The highest BCUT2D eigenvalue weighted by atomic mass is 32.1. The third-order valence-electron chi connectivity index (χ3n) is 3.06. The first kappa shape index (κ1) is 14.5. The summed E-state index contributed by atoms with van der Waals surface area (Å²) in [6.45, 7) is 7.39. The molecule has 2 N–H and O–H groups in total. The topological polar surface area (TPSA) is 80.0 Å². The van der Waals surface area contributed by atoms with Crippen molar-refractivity contribution >= 4 is 28.1 Å².